The van der Waals surface area contributed by atoms with Gasteiger partial charge in [-0.15, -0.1) is 0 Å². The first-order valence-electron chi connectivity index (χ1n) is 5.40. The Kier molecular flexibility index (Phi) is 2.87. The lowest BCUT2D eigenvalue weighted by atomic mass is 9.92. The van der Waals surface area contributed by atoms with Gasteiger partial charge in [0, 0.05) is 11.6 Å². The average Bonchev–Trinajstić information content (AvgIpc) is 2.25. The summed E-state index contributed by atoms with van der Waals surface area (Å²) in [7, 11) is 1.41. The highest BCUT2D eigenvalue weighted by molar-refractivity contribution is 5.58. The molecule has 0 saturated carbocycles. The van der Waals surface area contributed by atoms with Crippen LogP contribution in [0.25, 0.3) is 0 Å². The van der Waals surface area contributed by atoms with Crippen molar-refractivity contribution in [2.75, 3.05) is 20.3 Å². The number of ether oxygens (including phenoxy) is 3. The lowest BCUT2D eigenvalue weighted by Gasteiger charge is -2.29. The second kappa shape index (κ2) is 4.07. The topological polar surface area (TPSA) is 53.7 Å². The molecule has 1 aliphatic rings. The van der Waals surface area contributed by atoms with Gasteiger partial charge in [0.15, 0.2) is 23.1 Å². The molecule has 2 rings (SSSR count). The van der Waals surface area contributed by atoms with Crippen LogP contribution in [-0.4, -0.2) is 20.3 Å². The molecule has 0 bridgehead atoms. The molecule has 1 aromatic carbocycles. The van der Waals surface area contributed by atoms with Crippen molar-refractivity contribution in [3.8, 4) is 17.2 Å². The lowest BCUT2D eigenvalue weighted by molar-refractivity contribution is 0.165. The van der Waals surface area contributed by atoms with E-state index in [9.17, 15) is 4.39 Å². The summed E-state index contributed by atoms with van der Waals surface area (Å²) in [5, 5.41) is 0. The van der Waals surface area contributed by atoms with Crippen LogP contribution in [-0.2, 0) is 5.54 Å². The van der Waals surface area contributed by atoms with E-state index in [0.29, 0.717) is 30.3 Å². The molecule has 0 radical (unpaired) electrons. The molecule has 4 nitrogen and oxygen atoms in total. The van der Waals surface area contributed by atoms with Gasteiger partial charge in [-0.25, -0.2) is 4.39 Å². The molecule has 1 heterocycles. The van der Waals surface area contributed by atoms with E-state index < -0.39 is 11.4 Å². The Morgan fingerprint density at radius 3 is 2.59 bits per heavy atom. The first kappa shape index (κ1) is 12.0. The molecule has 0 saturated heterocycles. The predicted octanol–water partition coefficient (Wildman–Crippen LogP) is 1.80. The minimum Gasteiger partial charge on any atom is -0.493 e. The summed E-state index contributed by atoms with van der Waals surface area (Å²) in [6.45, 7) is 4.36. The number of hydrogen-bond acceptors (Lipinski definition) is 4. The molecule has 0 aromatic heterocycles. The quantitative estimate of drug-likeness (QED) is 0.857. The largest absolute Gasteiger partial charge is 0.493 e. The van der Waals surface area contributed by atoms with E-state index in [0.717, 1.165) is 0 Å². The molecule has 0 amide bonds. The van der Waals surface area contributed by atoms with E-state index in [2.05, 4.69) is 0 Å². The summed E-state index contributed by atoms with van der Waals surface area (Å²) in [4.78, 5) is 0. The van der Waals surface area contributed by atoms with Gasteiger partial charge < -0.3 is 19.9 Å². The second-order valence-electron chi connectivity index (χ2n) is 4.51. The highest BCUT2D eigenvalue weighted by atomic mass is 19.1. The summed E-state index contributed by atoms with van der Waals surface area (Å²) < 4.78 is 29.8. The molecular formula is C12H16FNO3. The highest BCUT2D eigenvalue weighted by Crippen LogP contribution is 2.45. The van der Waals surface area contributed by atoms with Gasteiger partial charge in [-0.1, -0.05) is 0 Å². The number of hydrogen-bond donors (Lipinski definition) is 1. The fourth-order valence-corrected chi connectivity index (χ4v) is 1.92. The second-order valence-corrected chi connectivity index (χ2v) is 4.51. The number of methoxy groups -OCH3 is 1. The average molecular weight is 241 g/mol. The molecule has 0 unspecified atom stereocenters. The van der Waals surface area contributed by atoms with E-state index in [4.69, 9.17) is 19.9 Å². The van der Waals surface area contributed by atoms with Crippen molar-refractivity contribution in [3.05, 3.63) is 17.4 Å². The Hall–Kier alpha value is -1.49. The standard InChI is InChI=1S/C12H16FNO3/c1-12(2,14)9-10(15-3)7(13)6-8-11(9)17-5-4-16-8/h6H,4-5,14H2,1-3H3. The zero-order chi connectivity index (χ0) is 12.6. The van der Waals surface area contributed by atoms with Crippen LogP contribution in [0.4, 0.5) is 4.39 Å². The highest BCUT2D eigenvalue weighted by Gasteiger charge is 2.31. The van der Waals surface area contributed by atoms with Crippen LogP contribution in [0.15, 0.2) is 6.07 Å². The first-order valence-corrected chi connectivity index (χ1v) is 5.40. The van der Waals surface area contributed by atoms with Crippen molar-refractivity contribution in [1.29, 1.82) is 0 Å². The molecular weight excluding hydrogens is 225 g/mol. The normalized spacial score (nSPS) is 14.6. The van der Waals surface area contributed by atoms with Crippen LogP contribution in [0.3, 0.4) is 0 Å². The number of halogens is 1. The van der Waals surface area contributed by atoms with Crippen molar-refractivity contribution < 1.29 is 18.6 Å². The van der Waals surface area contributed by atoms with Crippen LogP contribution in [0.1, 0.15) is 19.4 Å². The Bertz CT molecular complexity index is 440. The number of nitrogens with two attached hydrogens (primary N) is 1. The Morgan fingerprint density at radius 2 is 2.00 bits per heavy atom. The van der Waals surface area contributed by atoms with Crippen LogP contribution in [0.5, 0.6) is 17.2 Å². The van der Waals surface area contributed by atoms with Gasteiger partial charge in [-0.2, -0.15) is 0 Å². The summed E-state index contributed by atoms with van der Waals surface area (Å²) in [6, 6.07) is 1.27. The molecule has 1 aromatic rings. The molecule has 0 atom stereocenters. The van der Waals surface area contributed by atoms with Gasteiger partial charge in [0.25, 0.3) is 0 Å². The third-order valence-electron chi connectivity index (χ3n) is 2.59. The fourth-order valence-electron chi connectivity index (χ4n) is 1.92. The SMILES string of the molecule is COc1c(F)cc2c(c1C(C)(C)N)OCCO2. The zero-order valence-electron chi connectivity index (χ0n) is 10.2. The van der Waals surface area contributed by atoms with Crippen LogP contribution in [0, 0.1) is 5.82 Å². The van der Waals surface area contributed by atoms with Gasteiger partial charge in [0.2, 0.25) is 0 Å². The zero-order valence-corrected chi connectivity index (χ0v) is 10.2. The summed E-state index contributed by atoms with van der Waals surface area (Å²) in [6.07, 6.45) is 0. The van der Waals surface area contributed by atoms with Crippen molar-refractivity contribution in [2.45, 2.75) is 19.4 Å². The van der Waals surface area contributed by atoms with Gasteiger partial charge in [-0.3, -0.25) is 0 Å². The fraction of sp³-hybridized carbons (Fsp3) is 0.500. The van der Waals surface area contributed by atoms with Gasteiger partial charge in [0.05, 0.1) is 12.7 Å². The maximum atomic E-state index is 13.9. The smallest absolute Gasteiger partial charge is 0.170 e. The minimum absolute atomic E-state index is 0.113. The number of rotatable bonds is 2. The van der Waals surface area contributed by atoms with Gasteiger partial charge >= 0.3 is 0 Å². The Labute approximate surface area is 99.5 Å². The Balaban J connectivity index is 2.70. The maximum absolute atomic E-state index is 13.9. The molecule has 2 N–H and O–H groups in total. The van der Waals surface area contributed by atoms with E-state index >= 15 is 0 Å². The molecule has 1 aliphatic heterocycles. The van der Waals surface area contributed by atoms with Crippen molar-refractivity contribution in [3.63, 3.8) is 0 Å². The van der Waals surface area contributed by atoms with E-state index in [1.807, 2.05) is 0 Å². The van der Waals surface area contributed by atoms with Crippen LogP contribution < -0.4 is 19.9 Å². The first-order chi connectivity index (χ1) is 7.95. The van der Waals surface area contributed by atoms with Crippen molar-refractivity contribution >= 4 is 0 Å². The maximum Gasteiger partial charge on any atom is 0.170 e. The van der Waals surface area contributed by atoms with Crippen molar-refractivity contribution in [2.24, 2.45) is 5.73 Å². The van der Waals surface area contributed by atoms with Gasteiger partial charge in [-0.05, 0) is 13.8 Å². The van der Waals surface area contributed by atoms with Crippen molar-refractivity contribution in [1.82, 2.24) is 0 Å². The summed E-state index contributed by atoms with van der Waals surface area (Å²) >= 11 is 0. The molecule has 0 spiro atoms. The van der Waals surface area contributed by atoms with E-state index in [-0.39, 0.29) is 5.75 Å². The van der Waals surface area contributed by atoms with E-state index in [1.54, 1.807) is 13.8 Å². The monoisotopic (exact) mass is 241 g/mol. The van der Waals surface area contributed by atoms with Crippen LogP contribution in [0.2, 0.25) is 0 Å². The third-order valence-corrected chi connectivity index (χ3v) is 2.59. The van der Waals surface area contributed by atoms with E-state index in [1.165, 1.54) is 13.2 Å². The third kappa shape index (κ3) is 2.02. The molecule has 0 aliphatic carbocycles. The number of fused-ring (bicyclic) bond motifs is 1. The Morgan fingerprint density at radius 1 is 1.35 bits per heavy atom. The molecule has 17 heavy (non-hydrogen) atoms. The summed E-state index contributed by atoms with van der Waals surface area (Å²) in [5.74, 6) is 0.470. The lowest BCUT2D eigenvalue weighted by Crippen LogP contribution is -2.31. The molecule has 94 valence electrons. The number of benzene rings is 1. The molecule has 5 heteroatoms. The summed E-state index contributed by atoms with van der Waals surface area (Å²) in [5.41, 5.74) is 5.76. The molecule has 0 fully saturated rings. The minimum atomic E-state index is -0.780. The predicted molar refractivity (Wildman–Crippen MR) is 61.2 cm³/mol. The van der Waals surface area contributed by atoms with Crippen LogP contribution >= 0.6 is 0 Å². The van der Waals surface area contributed by atoms with Gasteiger partial charge in [0.1, 0.15) is 13.2 Å².